The number of nitrogens with zero attached hydrogens (tertiary/aromatic N) is 1. The Morgan fingerprint density at radius 1 is 1.11 bits per heavy atom. The van der Waals surface area contributed by atoms with Crippen molar-refractivity contribution >= 4 is 27.1 Å². The molecule has 2 aromatic rings. The Morgan fingerprint density at radius 2 is 1.79 bits per heavy atom. The van der Waals surface area contributed by atoms with Gasteiger partial charge in [-0.15, -0.1) is 0 Å². The highest BCUT2D eigenvalue weighted by molar-refractivity contribution is 7.95. The quantitative estimate of drug-likeness (QED) is 0.327. The maximum atomic E-state index is 13.8. The number of alkyl halides is 3. The highest BCUT2D eigenvalue weighted by Crippen LogP contribution is 2.34. The van der Waals surface area contributed by atoms with E-state index >= 15 is 0 Å². The number of oxime groups is 1. The molecule has 1 aliphatic rings. The lowest BCUT2D eigenvalue weighted by atomic mass is 10.0. The molecule has 0 unspecified atom stereocenters. The Bertz CT molecular complexity index is 1130. The zero-order chi connectivity index (χ0) is 20.7. The van der Waals surface area contributed by atoms with Crippen LogP contribution in [0.15, 0.2) is 57.9 Å². The number of carbonyl (C=O) groups excluding carboxylic acids is 1. The minimum atomic E-state index is -4.76. The summed E-state index contributed by atoms with van der Waals surface area (Å²) in [4.78, 5) is 16.6. The van der Waals surface area contributed by atoms with Crippen molar-refractivity contribution in [3.8, 4) is 0 Å². The molecule has 10 heteroatoms. The molecule has 0 atom stereocenters. The molecular formula is C18H11F4NO4S. The second kappa shape index (κ2) is 6.86. The standard InChI is InChI=1S/C18H11F4NO4S/c1-10(14-9-28(25,26)16-5-3-2-4-12(14)16)23-27-17(24)13-7-6-11(8-15(13)19)18(20,21)22/h2-9H,1H3/b23-10+. The summed E-state index contributed by atoms with van der Waals surface area (Å²) >= 11 is 0. The molecule has 2 aromatic carbocycles. The molecule has 0 fully saturated rings. The average Bonchev–Trinajstić information content (AvgIpc) is 2.90. The van der Waals surface area contributed by atoms with Crippen molar-refractivity contribution in [1.82, 2.24) is 0 Å². The van der Waals surface area contributed by atoms with Crippen LogP contribution in [0.1, 0.15) is 28.4 Å². The van der Waals surface area contributed by atoms with Crippen LogP contribution in [0.2, 0.25) is 0 Å². The fourth-order valence-electron chi connectivity index (χ4n) is 2.56. The van der Waals surface area contributed by atoms with Gasteiger partial charge < -0.3 is 4.84 Å². The predicted molar refractivity (Wildman–Crippen MR) is 91.5 cm³/mol. The van der Waals surface area contributed by atoms with Crippen molar-refractivity contribution in [2.75, 3.05) is 0 Å². The van der Waals surface area contributed by atoms with E-state index in [4.69, 9.17) is 0 Å². The van der Waals surface area contributed by atoms with E-state index in [0.717, 1.165) is 5.41 Å². The van der Waals surface area contributed by atoms with Crippen LogP contribution < -0.4 is 0 Å². The Kier molecular flexibility index (Phi) is 4.84. The van der Waals surface area contributed by atoms with Gasteiger partial charge in [0.2, 0.25) is 9.84 Å². The van der Waals surface area contributed by atoms with Crippen LogP contribution in [0.5, 0.6) is 0 Å². The van der Waals surface area contributed by atoms with Crippen LogP contribution in [0, 0.1) is 5.82 Å². The third kappa shape index (κ3) is 3.68. The highest BCUT2D eigenvalue weighted by Gasteiger charge is 2.32. The summed E-state index contributed by atoms with van der Waals surface area (Å²) in [6, 6.07) is 7.47. The van der Waals surface area contributed by atoms with E-state index < -0.39 is 38.9 Å². The molecule has 0 radical (unpaired) electrons. The molecule has 5 nitrogen and oxygen atoms in total. The SMILES string of the molecule is C/C(=N\OC(=O)c1ccc(C(F)(F)F)cc1F)C1=CS(=O)(=O)c2ccccc21. The molecule has 0 saturated carbocycles. The van der Waals surface area contributed by atoms with Gasteiger partial charge in [0.1, 0.15) is 5.82 Å². The Morgan fingerprint density at radius 3 is 2.43 bits per heavy atom. The molecule has 0 aliphatic carbocycles. The smallest absolute Gasteiger partial charge is 0.312 e. The van der Waals surface area contributed by atoms with Crippen LogP contribution in [0.3, 0.4) is 0 Å². The second-order valence-electron chi connectivity index (χ2n) is 5.82. The monoisotopic (exact) mass is 413 g/mol. The fourth-order valence-corrected chi connectivity index (χ4v) is 4.05. The van der Waals surface area contributed by atoms with Gasteiger partial charge in [-0.05, 0) is 31.2 Å². The minimum Gasteiger partial charge on any atom is -0.312 e. The van der Waals surface area contributed by atoms with E-state index in [-0.39, 0.29) is 22.2 Å². The second-order valence-corrected chi connectivity index (χ2v) is 7.59. The molecular weight excluding hydrogens is 402 g/mol. The molecule has 0 aromatic heterocycles. The van der Waals surface area contributed by atoms with Crippen molar-refractivity contribution in [2.24, 2.45) is 5.16 Å². The molecule has 1 aliphatic heterocycles. The first kappa shape index (κ1) is 19.7. The molecule has 0 spiro atoms. The van der Waals surface area contributed by atoms with Crippen molar-refractivity contribution in [1.29, 1.82) is 0 Å². The van der Waals surface area contributed by atoms with E-state index in [0.29, 0.717) is 17.7 Å². The predicted octanol–water partition coefficient (Wildman–Crippen LogP) is 4.21. The van der Waals surface area contributed by atoms with Gasteiger partial charge in [-0.3, -0.25) is 0 Å². The van der Waals surface area contributed by atoms with Gasteiger partial charge in [-0.1, -0.05) is 23.4 Å². The molecule has 0 bridgehead atoms. The lowest BCUT2D eigenvalue weighted by Crippen LogP contribution is -2.10. The third-order valence-electron chi connectivity index (χ3n) is 3.93. The van der Waals surface area contributed by atoms with E-state index in [1.165, 1.54) is 13.0 Å². The number of hydrogen-bond donors (Lipinski definition) is 0. The van der Waals surface area contributed by atoms with Gasteiger partial charge in [0.25, 0.3) is 0 Å². The lowest BCUT2D eigenvalue weighted by Gasteiger charge is -2.08. The molecule has 3 rings (SSSR count). The van der Waals surface area contributed by atoms with Gasteiger partial charge in [0.05, 0.1) is 21.7 Å². The zero-order valence-electron chi connectivity index (χ0n) is 14.1. The summed E-state index contributed by atoms with van der Waals surface area (Å²) in [6.45, 7) is 1.37. The summed E-state index contributed by atoms with van der Waals surface area (Å²) in [7, 11) is -3.67. The van der Waals surface area contributed by atoms with Crippen LogP contribution >= 0.6 is 0 Å². The van der Waals surface area contributed by atoms with E-state index in [2.05, 4.69) is 9.99 Å². The molecule has 28 heavy (non-hydrogen) atoms. The van der Waals surface area contributed by atoms with Crippen molar-refractivity contribution in [3.05, 3.63) is 70.4 Å². The summed E-state index contributed by atoms with van der Waals surface area (Å²) in [5.41, 5.74) is -1.41. The fraction of sp³-hybridized carbons (Fsp3) is 0.111. The van der Waals surface area contributed by atoms with Crippen molar-refractivity contribution in [2.45, 2.75) is 18.0 Å². The average molecular weight is 413 g/mol. The van der Waals surface area contributed by atoms with Gasteiger partial charge >= 0.3 is 12.1 Å². The first-order valence-electron chi connectivity index (χ1n) is 7.70. The minimum absolute atomic E-state index is 0.0224. The Balaban J connectivity index is 1.84. The number of sulfone groups is 1. The summed E-state index contributed by atoms with van der Waals surface area (Å²) < 4.78 is 75.7. The topological polar surface area (TPSA) is 72.8 Å². The van der Waals surface area contributed by atoms with Gasteiger partial charge in [-0.25, -0.2) is 17.6 Å². The lowest BCUT2D eigenvalue weighted by molar-refractivity contribution is -0.137. The van der Waals surface area contributed by atoms with Gasteiger partial charge in [-0.2, -0.15) is 13.2 Å². The first-order valence-corrected chi connectivity index (χ1v) is 9.24. The maximum absolute atomic E-state index is 13.8. The van der Waals surface area contributed by atoms with Gasteiger partial charge in [0.15, 0.2) is 0 Å². The number of benzene rings is 2. The number of carbonyl (C=O) groups is 1. The van der Waals surface area contributed by atoms with Crippen LogP contribution in [0.25, 0.3) is 5.57 Å². The van der Waals surface area contributed by atoms with Crippen LogP contribution in [-0.4, -0.2) is 20.1 Å². The van der Waals surface area contributed by atoms with Crippen molar-refractivity contribution in [3.63, 3.8) is 0 Å². The maximum Gasteiger partial charge on any atom is 0.416 e. The Labute approximate surface area is 156 Å². The summed E-state index contributed by atoms with van der Waals surface area (Å²) in [5.74, 6) is -2.74. The van der Waals surface area contributed by atoms with E-state index in [9.17, 15) is 30.8 Å². The number of hydrogen-bond acceptors (Lipinski definition) is 5. The first-order chi connectivity index (χ1) is 13.0. The number of halogens is 4. The molecule has 0 amide bonds. The molecule has 0 saturated heterocycles. The normalized spacial score (nSPS) is 15.8. The summed E-state index contributed by atoms with van der Waals surface area (Å²) in [6.07, 6.45) is -4.76. The zero-order valence-corrected chi connectivity index (χ0v) is 14.9. The molecule has 1 heterocycles. The Hall–Kier alpha value is -3.01. The van der Waals surface area contributed by atoms with Crippen molar-refractivity contribution < 1.29 is 35.6 Å². The largest absolute Gasteiger partial charge is 0.416 e. The molecule has 0 N–H and O–H groups in total. The molecule has 146 valence electrons. The van der Waals surface area contributed by atoms with Gasteiger partial charge in [0, 0.05) is 16.5 Å². The van der Waals surface area contributed by atoms with E-state index in [1.807, 2.05) is 0 Å². The number of allylic oxidation sites excluding steroid dienone is 1. The van der Waals surface area contributed by atoms with E-state index in [1.54, 1.807) is 18.2 Å². The van der Waals surface area contributed by atoms with Crippen LogP contribution in [-0.2, 0) is 20.9 Å². The third-order valence-corrected chi connectivity index (χ3v) is 5.44. The highest BCUT2D eigenvalue weighted by atomic mass is 32.2. The summed E-state index contributed by atoms with van der Waals surface area (Å²) in [5, 5.41) is 4.47. The number of fused-ring (bicyclic) bond motifs is 1. The van der Waals surface area contributed by atoms with Crippen LogP contribution in [0.4, 0.5) is 17.6 Å². The number of rotatable bonds is 3.